The van der Waals surface area contributed by atoms with E-state index in [-0.39, 0.29) is 6.61 Å². The third-order valence-electron chi connectivity index (χ3n) is 5.19. The second-order valence-corrected chi connectivity index (χ2v) is 7.53. The van der Waals surface area contributed by atoms with Crippen molar-refractivity contribution in [3.05, 3.63) is 47.8 Å². The fourth-order valence-corrected chi connectivity index (χ4v) is 3.89. The molecule has 148 valence electrons. The number of aliphatic hydroxyl groups excluding tert-OH is 1. The number of guanidine groups is 1. The van der Waals surface area contributed by atoms with Gasteiger partial charge in [0.15, 0.2) is 0 Å². The maximum Gasteiger partial charge on any atom is 0.201 e. The summed E-state index contributed by atoms with van der Waals surface area (Å²) in [6.07, 6.45) is 6.75. The number of rotatable bonds is 5. The third kappa shape index (κ3) is 4.17. The van der Waals surface area contributed by atoms with Crippen LogP contribution >= 0.6 is 0 Å². The zero-order valence-corrected chi connectivity index (χ0v) is 16.3. The van der Waals surface area contributed by atoms with Crippen LogP contribution in [0, 0.1) is 19.8 Å². The molecule has 1 fully saturated rings. The van der Waals surface area contributed by atoms with Crippen molar-refractivity contribution in [1.29, 1.82) is 0 Å². The molecular formula is C20H27N7O. The quantitative estimate of drug-likeness (QED) is 0.631. The van der Waals surface area contributed by atoms with Crippen LogP contribution in [0.15, 0.2) is 41.4 Å². The monoisotopic (exact) mass is 381 g/mol. The molecule has 0 saturated heterocycles. The van der Waals surface area contributed by atoms with Crippen LogP contribution in [0.25, 0.3) is 5.70 Å². The highest BCUT2D eigenvalue weighted by molar-refractivity contribution is 5.96. The summed E-state index contributed by atoms with van der Waals surface area (Å²) < 4.78 is 1.84. The van der Waals surface area contributed by atoms with Crippen LogP contribution in [0.1, 0.15) is 30.7 Å². The highest BCUT2D eigenvalue weighted by atomic mass is 16.3. The number of aryl methyl sites for hydroxylation is 2. The van der Waals surface area contributed by atoms with Gasteiger partial charge >= 0.3 is 0 Å². The second-order valence-electron chi connectivity index (χ2n) is 7.53. The zero-order valence-electron chi connectivity index (χ0n) is 16.3. The van der Waals surface area contributed by atoms with E-state index in [2.05, 4.69) is 31.0 Å². The van der Waals surface area contributed by atoms with Gasteiger partial charge in [-0.05, 0) is 57.2 Å². The average molecular weight is 381 g/mol. The van der Waals surface area contributed by atoms with Gasteiger partial charge in [-0.25, -0.2) is 9.67 Å². The van der Waals surface area contributed by atoms with E-state index in [4.69, 9.17) is 0 Å². The Morgan fingerprint density at radius 2 is 2.07 bits per heavy atom. The zero-order chi connectivity index (χ0) is 19.5. The number of hydrogen-bond donors (Lipinski definition) is 4. The van der Waals surface area contributed by atoms with Gasteiger partial charge in [-0.15, -0.1) is 0 Å². The molecular weight excluding hydrogens is 354 g/mol. The molecule has 28 heavy (non-hydrogen) atoms. The Kier molecular flexibility index (Phi) is 5.29. The number of aliphatic imine (C=N–C) groups is 1. The predicted molar refractivity (Wildman–Crippen MR) is 110 cm³/mol. The largest absolute Gasteiger partial charge is 0.396 e. The number of hydrogen-bond acceptors (Lipinski definition) is 7. The Balaban J connectivity index is 1.52. The molecule has 2 aromatic rings. The molecule has 1 saturated carbocycles. The summed E-state index contributed by atoms with van der Waals surface area (Å²) in [4.78, 5) is 9.07. The van der Waals surface area contributed by atoms with E-state index in [0.29, 0.717) is 24.5 Å². The maximum atomic E-state index is 9.44. The lowest BCUT2D eigenvalue weighted by atomic mass is 10.1. The highest BCUT2D eigenvalue weighted by Crippen LogP contribution is 2.26. The van der Waals surface area contributed by atoms with Gasteiger partial charge in [0, 0.05) is 42.1 Å². The van der Waals surface area contributed by atoms with Crippen molar-refractivity contribution in [2.24, 2.45) is 10.9 Å². The summed E-state index contributed by atoms with van der Waals surface area (Å²) in [5.74, 6) is 1.98. The van der Waals surface area contributed by atoms with Crippen molar-refractivity contribution in [2.75, 3.05) is 18.5 Å². The summed E-state index contributed by atoms with van der Waals surface area (Å²) in [5, 5.41) is 24.2. The molecule has 0 spiro atoms. The molecule has 3 heterocycles. The molecule has 2 aliphatic rings. The van der Waals surface area contributed by atoms with Crippen LogP contribution in [0.4, 0.5) is 5.69 Å². The van der Waals surface area contributed by atoms with Gasteiger partial charge in [-0.1, -0.05) is 0 Å². The van der Waals surface area contributed by atoms with E-state index in [1.165, 1.54) is 0 Å². The average Bonchev–Trinajstić information content (AvgIpc) is 3.33. The molecule has 4 N–H and O–H groups in total. The van der Waals surface area contributed by atoms with Crippen LogP contribution in [0.3, 0.4) is 0 Å². The normalized spacial score (nSPS) is 22.0. The Morgan fingerprint density at radius 1 is 1.25 bits per heavy atom. The second kappa shape index (κ2) is 8.02. The fourth-order valence-electron chi connectivity index (χ4n) is 3.89. The molecule has 1 aliphatic carbocycles. The molecule has 2 unspecified atom stereocenters. The molecule has 0 radical (unpaired) electrons. The van der Waals surface area contributed by atoms with Crippen molar-refractivity contribution in [3.8, 4) is 0 Å². The van der Waals surface area contributed by atoms with Crippen LogP contribution < -0.4 is 16.0 Å². The Morgan fingerprint density at radius 3 is 2.75 bits per heavy atom. The fraction of sp³-hybridized carbons (Fsp3) is 0.450. The first-order valence-electron chi connectivity index (χ1n) is 9.75. The number of pyridine rings is 1. The lowest BCUT2D eigenvalue weighted by Crippen LogP contribution is -2.43. The van der Waals surface area contributed by atoms with Gasteiger partial charge in [0.25, 0.3) is 0 Å². The van der Waals surface area contributed by atoms with Crippen LogP contribution in [-0.2, 0) is 0 Å². The number of nitrogens with zero attached hydrogens (tertiary/aromatic N) is 4. The van der Waals surface area contributed by atoms with Crippen LogP contribution in [-0.4, -0.2) is 45.0 Å². The first kappa shape index (κ1) is 18.5. The van der Waals surface area contributed by atoms with Crippen molar-refractivity contribution < 1.29 is 5.11 Å². The van der Waals surface area contributed by atoms with Gasteiger partial charge < -0.3 is 21.1 Å². The first-order valence-corrected chi connectivity index (χ1v) is 9.75. The van der Waals surface area contributed by atoms with E-state index >= 15 is 0 Å². The van der Waals surface area contributed by atoms with Gasteiger partial charge in [0.1, 0.15) is 11.5 Å². The lowest BCUT2D eigenvalue weighted by Gasteiger charge is -2.26. The van der Waals surface area contributed by atoms with Gasteiger partial charge in [0.2, 0.25) is 5.96 Å². The van der Waals surface area contributed by atoms with Gasteiger partial charge in [-0.2, -0.15) is 5.10 Å². The van der Waals surface area contributed by atoms with Crippen molar-refractivity contribution in [1.82, 2.24) is 25.4 Å². The standard InChI is InChI=1S/C20H27N7O/c1-13-8-17(9-14(2)23-13)25-20-21-11-18(27-7-3-6-22-27)19(26-20)24-16-5-4-15(10-16)12-28/h3,6-9,15-16,24,28H,4-5,10-12H2,1-2H3,(H2,21,23,25,26). The summed E-state index contributed by atoms with van der Waals surface area (Å²) in [7, 11) is 0. The topological polar surface area (TPSA) is 99.4 Å². The Hall–Kier alpha value is -2.87. The minimum absolute atomic E-state index is 0.256. The van der Waals surface area contributed by atoms with Crippen LogP contribution in [0.2, 0.25) is 0 Å². The van der Waals surface area contributed by atoms with Crippen molar-refractivity contribution in [2.45, 2.75) is 39.2 Å². The van der Waals surface area contributed by atoms with Gasteiger partial charge in [-0.3, -0.25) is 4.98 Å². The number of aromatic nitrogens is 3. The molecule has 0 bridgehead atoms. The van der Waals surface area contributed by atoms with E-state index in [9.17, 15) is 5.11 Å². The summed E-state index contributed by atoms with van der Waals surface area (Å²) in [6, 6.07) is 6.23. The molecule has 8 heteroatoms. The maximum absolute atomic E-state index is 9.44. The number of nitrogens with one attached hydrogen (secondary N) is 3. The molecule has 0 aromatic carbocycles. The molecule has 4 rings (SSSR count). The molecule has 2 aromatic heterocycles. The van der Waals surface area contributed by atoms with Crippen molar-refractivity contribution in [3.63, 3.8) is 0 Å². The molecule has 1 aliphatic heterocycles. The summed E-state index contributed by atoms with van der Waals surface area (Å²) >= 11 is 0. The van der Waals surface area contributed by atoms with E-state index < -0.39 is 0 Å². The number of aliphatic hydroxyl groups is 1. The number of anilines is 1. The van der Waals surface area contributed by atoms with Crippen molar-refractivity contribution >= 4 is 17.3 Å². The SMILES string of the molecule is Cc1cc(NC2=NCC(n3cccn3)=C(NC3CCC(CO)C3)N2)cc(C)n1. The first-order chi connectivity index (χ1) is 13.6. The van der Waals surface area contributed by atoms with Gasteiger partial charge in [0.05, 0.1) is 6.54 Å². The Bertz CT molecular complexity index is 868. The predicted octanol–water partition coefficient (Wildman–Crippen LogP) is 1.84. The minimum Gasteiger partial charge on any atom is -0.396 e. The smallest absolute Gasteiger partial charge is 0.201 e. The highest BCUT2D eigenvalue weighted by Gasteiger charge is 2.27. The lowest BCUT2D eigenvalue weighted by molar-refractivity contribution is 0.228. The molecule has 2 atom stereocenters. The molecule has 8 nitrogen and oxygen atoms in total. The van der Waals surface area contributed by atoms with E-state index in [1.807, 2.05) is 42.9 Å². The third-order valence-corrected chi connectivity index (χ3v) is 5.19. The van der Waals surface area contributed by atoms with Crippen LogP contribution in [0.5, 0.6) is 0 Å². The Labute approximate surface area is 164 Å². The summed E-state index contributed by atoms with van der Waals surface area (Å²) in [5.41, 5.74) is 3.86. The summed E-state index contributed by atoms with van der Waals surface area (Å²) in [6.45, 7) is 4.73. The molecule has 0 amide bonds. The van der Waals surface area contributed by atoms with E-state index in [1.54, 1.807) is 6.20 Å². The minimum atomic E-state index is 0.256. The van der Waals surface area contributed by atoms with E-state index in [0.717, 1.165) is 47.9 Å².